The fraction of sp³-hybridized carbons (Fsp3) is 0.304. The van der Waals surface area contributed by atoms with E-state index in [2.05, 4.69) is 9.71 Å². The number of fused-ring (bicyclic) bond motifs is 1. The number of carbonyl (C=O) groups is 2. The molecule has 7 nitrogen and oxygen atoms in total. The molecule has 2 amide bonds. The van der Waals surface area contributed by atoms with Crippen LogP contribution in [0.4, 0.5) is 4.39 Å². The summed E-state index contributed by atoms with van der Waals surface area (Å²) in [5, 5.41) is 0.800. The highest BCUT2D eigenvalue weighted by Gasteiger charge is 2.32. The predicted molar refractivity (Wildman–Crippen MR) is 118 cm³/mol. The molecule has 1 aromatic heterocycles. The highest BCUT2D eigenvalue weighted by Crippen LogP contribution is 2.24. The molecule has 2 N–H and O–H groups in total. The van der Waals surface area contributed by atoms with Crippen LogP contribution in [0.5, 0.6) is 0 Å². The number of benzene rings is 2. The summed E-state index contributed by atoms with van der Waals surface area (Å²) in [6.45, 7) is 3.56. The van der Waals surface area contributed by atoms with Gasteiger partial charge in [-0.1, -0.05) is 18.2 Å². The number of likely N-dealkylation sites (tertiary alicyclic amines) is 1. The Labute approximate surface area is 185 Å². The minimum absolute atomic E-state index is 0.126. The zero-order valence-corrected chi connectivity index (χ0v) is 18.6. The van der Waals surface area contributed by atoms with E-state index in [-0.39, 0.29) is 28.5 Å². The second kappa shape index (κ2) is 8.38. The summed E-state index contributed by atoms with van der Waals surface area (Å²) >= 11 is 0. The monoisotopic (exact) mass is 457 g/mol. The minimum atomic E-state index is -4.16. The number of nitrogens with one attached hydrogen (secondary N) is 2. The lowest BCUT2D eigenvalue weighted by Gasteiger charge is -2.32. The van der Waals surface area contributed by atoms with Crippen molar-refractivity contribution in [2.45, 2.75) is 31.6 Å². The molecule has 4 rings (SSSR count). The van der Waals surface area contributed by atoms with Crippen molar-refractivity contribution in [1.82, 2.24) is 14.6 Å². The number of H-pyrrole nitrogens is 1. The lowest BCUT2D eigenvalue weighted by atomic mass is 9.97. The molecule has 1 atom stereocenters. The molecule has 1 fully saturated rings. The minimum Gasteiger partial charge on any atom is -0.360 e. The van der Waals surface area contributed by atoms with E-state index in [1.807, 2.05) is 24.3 Å². The molecular formula is C23H24FN3O4S. The number of nitrogens with zero attached hydrogens (tertiary/aromatic N) is 1. The van der Waals surface area contributed by atoms with Crippen molar-refractivity contribution in [1.29, 1.82) is 0 Å². The van der Waals surface area contributed by atoms with Gasteiger partial charge in [-0.3, -0.25) is 9.59 Å². The van der Waals surface area contributed by atoms with Crippen LogP contribution in [0, 0.1) is 25.6 Å². The Balaban J connectivity index is 1.49. The molecule has 3 aromatic rings. The van der Waals surface area contributed by atoms with Crippen molar-refractivity contribution in [3.8, 4) is 0 Å². The summed E-state index contributed by atoms with van der Waals surface area (Å²) in [6, 6.07) is 9.86. The van der Waals surface area contributed by atoms with Crippen LogP contribution in [0.3, 0.4) is 0 Å². The molecular weight excluding hydrogens is 433 g/mol. The summed E-state index contributed by atoms with van der Waals surface area (Å²) in [5.41, 5.74) is 1.74. The first-order chi connectivity index (χ1) is 15.2. The van der Waals surface area contributed by atoms with E-state index in [4.69, 9.17) is 0 Å². The zero-order valence-electron chi connectivity index (χ0n) is 17.8. The Morgan fingerprint density at radius 3 is 2.56 bits per heavy atom. The molecule has 0 bridgehead atoms. The van der Waals surface area contributed by atoms with E-state index in [1.165, 1.54) is 26.0 Å². The fourth-order valence-corrected chi connectivity index (χ4v) is 5.34. The third-order valence-electron chi connectivity index (χ3n) is 5.85. The highest BCUT2D eigenvalue weighted by molar-refractivity contribution is 7.90. The first-order valence-corrected chi connectivity index (χ1v) is 11.8. The number of piperidine rings is 1. The van der Waals surface area contributed by atoms with Crippen molar-refractivity contribution in [2.24, 2.45) is 5.92 Å². The topological polar surface area (TPSA) is 99.3 Å². The number of hydrogen-bond acceptors (Lipinski definition) is 4. The van der Waals surface area contributed by atoms with Gasteiger partial charge >= 0.3 is 0 Å². The largest absolute Gasteiger partial charge is 0.360 e. The maximum atomic E-state index is 13.9. The van der Waals surface area contributed by atoms with E-state index in [0.717, 1.165) is 10.9 Å². The lowest BCUT2D eigenvalue weighted by Crippen LogP contribution is -2.46. The quantitative estimate of drug-likeness (QED) is 0.628. The summed E-state index contributed by atoms with van der Waals surface area (Å²) < 4.78 is 41.4. The Bertz CT molecular complexity index is 1290. The third kappa shape index (κ3) is 4.12. The van der Waals surface area contributed by atoms with Crippen LogP contribution < -0.4 is 4.72 Å². The molecule has 1 unspecified atom stereocenters. The average molecular weight is 458 g/mol. The third-order valence-corrected chi connectivity index (χ3v) is 7.18. The Morgan fingerprint density at radius 1 is 1.16 bits per heavy atom. The van der Waals surface area contributed by atoms with Gasteiger partial charge in [0.2, 0.25) is 5.91 Å². The predicted octanol–water partition coefficient (Wildman–Crippen LogP) is 3.28. The normalized spacial score (nSPS) is 16.8. The number of halogens is 1. The molecule has 0 aliphatic carbocycles. The van der Waals surface area contributed by atoms with Gasteiger partial charge in [0.1, 0.15) is 5.82 Å². The molecule has 9 heteroatoms. The number of aryl methyl sites for hydroxylation is 2. The molecule has 0 radical (unpaired) electrons. The number of rotatable bonds is 4. The van der Waals surface area contributed by atoms with Gasteiger partial charge in [0, 0.05) is 30.2 Å². The molecule has 0 spiro atoms. The van der Waals surface area contributed by atoms with Crippen LogP contribution in [0.1, 0.15) is 34.3 Å². The maximum Gasteiger partial charge on any atom is 0.264 e. The van der Waals surface area contributed by atoms with Gasteiger partial charge in [-0.05, 0) is 56.0 Å². The van der Waals surface area contributed by atoms with Crippen molar-refractivity contribution < 1.29 is 22.4 Å². The molecule has 0 saturated carbocycles. The standard InChI is InChI=1S/C23H24FN3O4S/c1-14-10-17(11-15(2)21(14)24)32(30,31)26-22(28)16-6-5-9-27(13-16)23(29)19-12-25-20-8-4-3-7-18(19)20/h3-4,7-8,10-12,16,25H,5-6,9,13H2,1-2H3,(H,26,28). The van der Waals surface area contributed by atoms with Gasteiger partial charge in [0.25, 0.3) is 15.9 Å². The zero-order chi connectivity index (χ0) is 23.0. The SMILES string of the molecule is Cc1cc(S(=O)(=O)NC(=O)C2CCCN(C(=O)c3c[nH]c4ccccc34)C2)cc(C)c1F. The highest BCUT2D eigenvalue weighted by atomic mass is 32.2. The number of amides is 2. The Morgan fingerprint density at radius 2 is 1.84 bits per heavy atom. The van der Waals surface area contributed by atoms with Crippen molar-refractivity contribution in [2.75, 3.05) is 13.1 Å². The van der Waals surface area contributed by atoms with Crippen molar-refractivity contribution in [3.63, 3.8) is 0 Å². The van der Waals surface area contributed by atoms with Crippen LogP contribution in [0.15, 0.2) is 47.5 Å². The Kier molecular flexibility index (Phi) is 5.77. The summed E-state index contributed by atoms with van der Waals surface area (Å²) in [5.74, 6) is -2.00. The van der Waals surface area contributed by atoms with Crippen LogP contribution in [-0.2, 0) is 14.8 Å². The number of aromatic nitrogens is 1. The van der Waals surface area contributed by atoms with Crippen LogP contribution >= 0.6 is 0 Å². The van der Waals surface area contributed by atoms with Crippen LogP contribution in [0.25, 0.3) is 10.9 Å². The van der Waals surface area contributed by atoms with E-state index in [0.29, 0.717) is 24.9 Å². The van der Waals surface area contributed by atoms with E-state index >= 15 is 0 Å². The average Bonchev–Trinajstić information content (AvgIpc) is 3.20. The van der Waals surface area contributed by atoms with E-state index < -0.39 is 27.7 Å². The number of para-hydroxylation sites is 1. The van der Waals surface area contributed by atoms with Crippen LogP contribution in [-0.4, -0.2) is 43.2 Å². The van der Waals surface area contributed by atoms with E-state index in [1.54, 1.807) is 11.1 Å². The first-order valence-electron chi connectivity index (χ1n) is 10.4. The molecule has 1 saturated heterocycles. The van der Waals surface area contributed by atoms with Gasteiger partial charge < -0.3 is 9.88 Å². The lowest BCUT2D eigenvalue weighted by molar-refractivity contribution is -0.124. The number of hydrogen-bond donors (Lipinski definition) is 2. The van der Waals surface area contributed by atoms with Gasteiger partial charge in [-0.25, -0.2) is 17.5 Å². The molecule has 1 aliphatic heterocycles. The maximum absolute atomic E-state index is 13.9. The molecule has 1 aliphatic rings. The molecule has 2 heterocycles. The van der Waals surface area contributed by atoms with Gasteiger partial charge in [0.15, 0.2) is 0 Å². The number of aromatic amines is 1. The first kappa shape index (κ1) is 22.0. The molecule has 2 aromatic carbocycles. The second-order valence-electron chi connectivity index (χ2n) is 8.18. The smallest absolute Gasteiger partial charge is 0.264 e. The van der Waals surface area contributed by atoms with E-state index in [9.17, 15) is 22.4 Å². The van der Waals surface area contributed by atoms with Gasteiger partial charge in [0.05, 0.1) is 16.4 Å². The second-order valence-corrected chi connectivity index (χ2v) is 9.86. The Hall–Kier alpha value is -3.20. The summed E-state index contributed by atoms with van der Waals surface area (Å²) in [4.78, 5) is 30.4. The van der Waals surface area contributed by atoms with Crippen molar-refractivity contribution >= 4 is 32.7 Å². The molecule has 168 valence electrons. The van der Waals surface area contributed by atoms with Gasteiger partial charge in [-0.2, -0.15) is 0 Å². The summed E-state index contributed by atoms with van der Waals surface area (Å²) in [6.07, 6.45) is 2.71. The van der Waals surface area contributed by atoms with Gasteiger partial charge in [-0.15, -0.1) is 0 Å². The van der Waals surface area contributed by atoms with Crippen molar-refractivity contribution in [3.05, 3.63) is 65.1 Å². The summed E-state index contributed by atoms with van der Waals surface area (Å²) in [7, 11) is -4.16. The molecule has 32 heavy (non-hydrogen) atoms. The fourth-order valence-electron chi connectivity index (χ4n) is 4.13. The number of sulfonamides is 1. The van der Waals surface area contributed by atoms with Crippen LogP contribution in [0.2, 0.25) is 0 Å². The number of carbonyl (C=O) groups excluding carboxylic acids is 2.